The van der Waals surface area contributed by atoms with Crippen molar-refractivity contribution in [1.82, 2.24) is 9.88 Å². The summed E-state index contributed by atoms with van der Waals surface area (Å²) in [7, 11) is 1.65. The lowest BCUT2D eigenvalue weighted by atomic mass is 10.1. The molecule has 0 saturated heterocycles. The summed E-state index contributed by atoms with van der Waals surface area (Å²) in [6.45, 7) is 6.29. The Morgan fingerprint density at radius 1 is 1.18 bits per heavy atom. The highest BCUT2D eigenvalue weighted by Crippen LogP contribution is 2.23. The van der Waals surface area contributed by atoms with Gasteiger partial charge < -0.3 is 14.6 Å². The molecule has 4 nitrogen and oxygen atoms in total. The number of hydrogen-bond donors (Lipinski definition) is 1. The number of aromatic nitrogens is 1. The number of methoxy groups -OCH3 is 1. The van der Waals surface area contributed by atoms with Gasteiger partial charge in [0, 0.05) is 24.2 Å². The zero-order chi connectivity index (χ0) is 15.9. The van der Waals surface area contributed by atoms with E-state index in [4.69, 9.17) is 4.74 Å². The van der Waals surface area contributed by atoms with Crippen LogP contribution in [0.25, 0.3) is 11.3 Å². The summed E-state index contributed by atoms with van der Waals surface area (Å²) in [5.41, 5.74) is 2.83. The largest absolute Gasteiger partial charge is 0.497 e. The van der Waals surface area contributed by atoms with Gasteiger partial charge in [-0.15, -0.1) is 0 Å². The van der Waals surface area contributed by atoms with Crippen molar-refractivity contribution in [3.8, 4) is 17.0 Å². The summed E-state index contributed by atoms with van der Waals surface area (Å²) in [6.07, 6.45) is 0.918. The summed E-state index contributed by atoms with van der Waals surface area (Å²) in [6, 6.07) is 11.8. The van der Waals surface area contributed by atoms with Gasteiger partial charge in [-0.1, -0.05) is 32.0 Å². The minimum Gasteiger partial charge on any atom is -0.497 e. The Hall–Kier alpha value is -2.07. The van der Waals surface area contributed by atoms with Gasteiger partial charge in [0.15, 0.2) is 0 Å². The van der Waals surface area contributed by atoms with E-state index in [2.05, 4.69) is 12.2 Å². The molecular formula is C18H24N2O2. The van der Waals surface area contributed by atoms with Crippen molar-refractivity contribution in [2.45, 2.75) is 33.4 Å². The quantitative estimate of drug-likeness (QED) is 0.854. The predicted octanol–water partition coefficient (Wildman–Crippen LogP) is 3.04. The topological polar surface area (TPSA) is 43.3 Å². The lowest BCUT2D eigenvalue weighted by Gasteiger charge is -2.15. The van der Waals surface area contributed by atoms with Crippen molar-refractivity contribution in [2.24, 2.45) is 0 Å². The van der Waals surface area contributed by atoms with Crippen LogP contribution in [-0.4, -0.2) is 18.2 Å². The highest BCUT2D eigenvalue weighted by atomic mass is 16.5. The van der Waals surface area contributed by atoms with Gasteiger partial charge in [0.1, 0.15) is 5.75 Å². The molecular weight excluding hydrogens is 276 g/mol. The van der Waals surface area contributed by atoms with Crippen molar-refractivity contribution >= 4 is 0 Å². The molecule has 0 atom stereocenters. The molecule has 1 aromatic heterocycles. The molecule has 0 radical (unpaired) electrons. The van der Waals surface area contributed by atoms with Gasteiger partial charge in [-0.2, -0.15) is 0 Å². The molecule has 0 saturated carbocycles. The molecule has 0 aliphatic carbocycles. The molecule has 1 heterocycles. The lowest BCUT2D eigenvalue weighted by Crippen LogP contribution is -2.28. The second-order valence-electron chi connectivity index (χ2n) is 5.21. The van der Waals surface area contributed by atoms with Crippen LogP contribution in [0.1, 0.15) is 25.8 Å². The SMILES string of the molecule is CCCn1c(-c2cccc(OC)c2)ccc(CNCC)c1=O. The maximum atomic E-state index is 12.7. The summed E-state index contributed by atoms with van der Waals surface area (Å²) in [5, 5.41) is 3.22. The van der Waals surface area contributed by atoms with Gasteiger partial charge in [-0.3, -0.25) is 4.79 Å². The Morgan fingerprint density at radius 2 is 2.00 bits per heavy atom. The molecule has 1 aromatic carbocycles. The number of rotatable bonds is 7. The van der Waals surface area contributed by atoms with Gasteiger partial charge in [-0.25, -0.2) is 0 Å². The molecule has 4 heteroatoms. The van der Waals surface area contributed by atoms with Crippen LogP contribution in [-0.2, 0) is 13.1 Å². The first-order valence-electron chi connectivity index (χ1n) is 7.79. The highest BCUT2D eigenvalue weighted by molar-refractivity contribution is 5.62. The Bertz CT molecular complexity index is 677. The van der Waals surface area contributed by atoms with Crippen LogP contribution >= 0.6 is 0 Å². The Kier molecular flexibility index (Phi) is 5.78. The first-order chi connectivity index (χ1) is 10.7. The molecule has 0 bridgehead atoms. The molecule has 0 unspecified atom stereocenters. The second-order valence-corrected chi connectivity index (χ2v) is 5.21. The fraction of sp³-hybridized carbons (Fsp3) is 0.389. The number of pyridine rings is 1. The normalized spacial score (nSPS) is 10.7. The molecule has 2 aromatic rings. The molecule has 0 aliphatic heterocycles. The minimum atomic E-state index is 0.0862. The van der Waals surface area contributed by atoms with Gasteiger partial charge in [0.2, 0.25) is 0 Å². The van der Waals surface area contributed by atoms with Crippen LogP contribution in [0, 0.1) is 0 Å². The van der Waals surface area contributed by atoms with E-state index in [1.165, 1.54) is 0 Å². The third-order valence-electron chi connectivity index (χ3n) is 3.63. The van der Waals surface area contributed by atoms with Crippen molar-refractivity contribution < 1.29 is 4.74 Å². The fourth-order valence-electron chi connectivity index (χ4n) is 2.50. The third kappa shape index (κ3) is 3.57. The fourth-order valence-corrected chi connectivity index (χ4v) is 2.50. The van der Waals surface area contributed by atoms with E-state index >= 15 is 0 Å². The average molecular weight is 300 g/mol. The van der Waals surface area contributed by atoms with E-state index in [0.717, 1.165) is 35.5 Å². The van der Waals surface area contributed by atoms with Crippen LogP contribution in [0.5, 0.6) is 5.75 Å². The molecule has 1 N–H and O–H groups in total. The Balaban J connectivity index is 2.50. The zero-order valence-corrected chi connectivity index (χ0v) is 13.6. The van der Waals surface area contributed by atoms with Crippen molar-refractivity contribution in [2.75, 3.05) is 13.7 Å². The molecule has 22 heavy (non-hydrogen) atoms. The first-order valence-corrected chi connectivity index (χ1v) is 7.79. The van der Waals surface area contributed by atoms with E-state index < -0.39 is 0 Å². The van der Waals surface area contributed by atoms with Crippen LogP contribution in [0.4, 0.5) is 0 Å². The van der Waals surface area contributed by atoms with E-state index in [1.807, 2.05) is 47.9 Å². The third-order valence-corrected chi connectivity index (χ3v) is 3.63. The van der Waals surface area contributed by atoms with E-state index in [-0.39, 0.29) is 5.56 Å². The molecule has 0 amide bonds. The maximum Gasteiger partial charge on any atom is 0.255 e. The number of ether oxygens (including phenoxy) is 1. The Morgan fingerprint density at radius 3 is 2.68 bits per heavy atom. The van der Waals surface area contributed by atoms with E-state index in [0.29, 0.717) is 13.1 Å². The first kappa shape index (κ1) is 16.3. The maximum absolute atomic E-state index is 12.7. The zero-order valence-electron chi connectivity index (χ0n) is 13.6. The Labute approximate surface area is 131 Å². The standard InChI is InChI=1S/C18H24N2O2/c1-4-11-20-17(14-7-6-8-16(12-14)22-3)10-9-15(18(20)21)13-19-5-2/h6-10,12,19H,4-5,11,13H2,1-3H3. The molecule has 0 spiro atoms. The van der Waals surface area contributed by atoms with Crippen LogP contribution < -0.4 is 15.6 Å². The van der Waals surface area contributed by atoms with E-state index in [1.54, 1.807) is 7.11 Å². The second kappa shape index (κ2) is 7.80. The van der Waals surface area contributed by atoms with Crippen molar-refractivity contribution in [3.05, 3.63) is 52.3 Å². The number of nitrogens with zero attached hydrogens (tertiary/aromatic N) is 1. The monoisotopic (exact) mass is 300 g/mol. The van der Waals surface area contributed by atoms with Crippen molar-refractivity contribution in [1.29, 1.82) is 0 Å². The summed E-state index contributed by atoms with van der Waals surface area (Å²) in [4.78, 5) is 12.7. The molecule has 118 valence electrons. The van der Waals surface area contributed by atoms with Gasteiger partial charge in [-0.05, 0) is 31.2 Å². The minimum absolute atomic E-state index is 0.0862. The van der Waals surface area contributed by atoms with Gasteiger partial charge in [0.25, 0.3) is 5.56 Å². The number of benzene rings is 1. The van der Waals surface area contributed by atoms with Crippen molar-refractivity contribution in [3.63, 3.8) is 0 Å². The highest BCUT2D eigenvalue weighted by Gasteiger charge is 2.10. The van der Waals surface area contributed by atoms with Crippen LogP contribution in [0.3, 0.4) is 0 Å². The predicted molar refractivity (Wildman–Crippen MR) is 90.4 cm³/mol. The number of nitrogens with one attached hydrogen (secondary N) is 1. The van der Waals surface area contributed by atoms with Crippen LogP contribution in [0.2, 0.25) is 0 Å². The smallest absolute Gasteiger partial charge is 0.255 e. The summed E-state index contributed by atoms with van der Waals surface area (Å²) < 4.78 is 7.15. The number of hydrogen-bond acceptors (Lipinski definition) is 3. The summed E-state index contributed by atoms with van der Waals surface area (Å²) >= 11 is 0. The van der Waals surface area contributed by atoms with Gasteiger partial charge >= 0.3 is 0 Å². The van der Waals surface area contributed by atoms with E-state index in [9.17, 15) is 4.79 Å². The molecule has 0 fully saturated rings. The summed E-state index contributed by atoms with van der Waals surface area (Å²) in [5.74, 6) is 0.796. The average Bonchev–Trinajstić information content (AvgIpc) is 2.55. The molecule has 0 aliphatic rings. The van der Waals surface area contributed by atoms with Crippen LogP contribution in [0.15, 0.2) is 41.2 Å². The molecule has 2 rings (SSSR count). The van der Waals surface area contributed by atoms with Gasteiger partial charge in [0.05, 0.1) is 12.8 Å². The lowest BCUT2D eigenvalue weighted by molar-refractivity contribution is 0.415.